The number of piperidine rings is 1. The van der Waals surface area contributed by atoms with Crippen LogP contribution in [0.2, 0.25) is 0 Å². The second kappa shape index (κ2) is 5.35. The summed E-state index contributed by atoms with van der Waals surface area (Å²) < 4.78 is 39.0. The third kappa shape index (κ3) is 2.90. The lowest BCUT2D eigenvalue weighted by Crippen LogP contribution is -2.41. The van der Waals surface area contributed by atoms with Crippen LogP contribution < -0.4 is 4.90 Å². The maximum absolute atomic E-state index is 13.0. The Morgan fingerprint density at radius 1 is 1.25 bits per heavy atom. The maximum atomic E-state index is 13.0. The minimum absolute atomic E-state index is 0.222. The van der Waals surface area contributed by atoms with Crippen molar-refractivity contribution in [2.75, 3.05) is 11.4 Å². The van der Waals surface area contributed by atoms with E-state index in [1.165, 1.54) is 6.07 Å². The van der Waals surface area contributed by atoms with Gasteiger partial charge in [0.15, 0.2) is 0 Å². The molecule has 1 heterocycles. The molecule has 1 aromatic carbocycles. The molecule has 0 spiro atoms. The molecule has 20 heavy (non-hydrogen) atoms. The lowest BCUT2D eigenvalue weighted by molar-refractivity contribution is -0.137. The van der Waals surface area contributed by atoms with Crippen molar-refractivity contribution in [1.29, 1.82) is 5.26 Å². The lowest BCUT2D eigenvalue weighted by atomic mass is 9.94. The summed E-state index contributed by atoms with van der Waals surface area (Å²) in [6.45, 7) is 4.88. The molecular weight excluding hydrogens is 265 g/mol. The number of benzene rings is 1. The van der Waals surface area contributed by atoms with E-state index in [1.54, 1.807) is 12.1 Å². The molecule has 0 amide bonds. The summed E-state index contributed by atoms with van der Waals surface area (Å²) in [5.41, 5.74) is -0.614. The van der Waals surface area contributed by atoms with Gasteiger partial charge in [0.25, 0.3) is 0 Å². The Kier molecular flexibility index (Phi) is 3.94. The van der Waals surface area contributed by atoms with Crippen LogP contribution in [0.5, 0.6) is 0 Å². The molecule has 1 aromatic rings. The number of alkyl halides is 3. The van der Waals surface area contributed by atoms with Gasteiger partial charge in [0.05, 0.1) is 17.2 Å². The third-order valence-electron chi connectivity index (χ3n) is 3.88. The molecule has 0 radical (unpaired) electrons. The Balaban J connectivity index is 2.41. The fourth-order valence-electron chi connectivity index (χ4n) is 2.69. The fraction of sp³-hybridized carbons (Fsp3) is 0.533. The summed E-state index contributed by atoms with van der Waals surface area (Å²) in [6, 6.07) is 5.82. The molecular formula is C15H17F3N2. The van der Waals surface area contributed by atoms with Crippen LogP contribution in [-0.2, 0) is 6.18 Å². The molecule has 5 heteroatoms. The largest absolute Gasteiger partial charge is 0.417 e. The van der Waals surface area contributed by atoms with Crippen LogP contribution in [-0.4, -0.2) is 12.6 Å². The van der Waals surface area contributed by atoms with Crippen molar-refractivity contribution >= 4 is 5.69 Å². The first-order valence-electron chi connectivity index (χ1n) is 6.71. The molecule has 2 rings (SSSR count). The predicted octanol–water partition coefficient (Wildman–Crippen LogP) is 4.20. The molecule has 0 unspecified atom stereocenters. The number of halogens is 3. The zero-order valence-corrected chi connectivity index (χ0v) is 11.5. The highest BCUT2D eigenvalue weighted by molar-refractivity contribution is 5.55. The average Bonchev–Trinajstić information content (AvgIpc) is 2.40. The molecule has 0 bridgehead atoms. The lowest BCUT2D eigenvalue weighted by Gasteiger charge is -2.39. The Morgan fingerprint density at radius 2 is 1.95 bits per heavy atom. The summed E-state index contributed by atoms with van der Waals surface area (Å²) >= 11 is 0. The number of anilines is 1. The molecule has 0 saturated carbocycles. The fourth-order valence-corrected chi connectivity index (χ4v) is 2.69. The second-order valence-corrected chi connectivity index (χ2v) is 5.52. The maximum Gasteiger partial charge on any atom is 0.417 e. The molecule has 1 fully saturated rings. The van der Waals surface area contributed by atoms with E-state index in [1.807, 2.05) is 11.8 Å². The highest BCUT2D eigenvalue weighted by atomic mass is 19.4. The molecule has 1 aliphatic rings. The smallest absolute Gasteiger partial charge is 0.369 e. The van der Waals surface area contributed by atoms with Crippen LogP contribution in [0.3, 0.4) is 0 Å². The first-order chi connectivity index (χ1) is 9.32. The third-order valence-corrected chi connectivity index (χ3v) is 3.88. The Bertz CT molecular complexity index is 531. The second-order valence-electron chi connectivity index (χ2n) is 5.52. The highest BCUT2D eigenvalue weighted by Gasteiger charge is 2.35. The zero-order chi connectivity index (χ0) is 14.9. The SMILES string of the molecule is C[C@H]1CC[C@H](C)N(c2ccc(C#N)c(C(F)(F)F)c2)C1. The van der Waals surface area contributed by atoms with Gasteiger partial charge in [-0.1, -0.05) is 6.92 Å². The molecule has 0 aromatic heterocycles. The van der Waals surface area contributed by atoms with Gasteiger partial charge in [-0.3, -0.25) is 0 Å². The van der Waals surface area contributed by atoms with Gasteiger partial charge in [0.1, 0.15) is 0 Å². The van der Waals surface area contributed by atoms with Crippen molar-refractivity contribution < 1.29 is 13.2 Å². The van der Waals surface area contributed by atoms with Crippen molar-refractivity contribution in [3.05, 3.63) is 29.3 Å². The Morgan fingerprint density at radius 3 is 2.55 bits per heavy atom. The van der Waals surface area contributed by atoms with E-state index < -0.39 is 11.7 Å². The van der Waals surface area contributed by atoms with Crippen molar-refractivity contribution in [3.63, 3.8) is 0 Å². The van der Waals surface area contributed by atoms with Crippen molar-refractivity contribution in [2.45, 2.75) is 38.9 Å². The summed E-state index contributed by atoms with van der Waals surface area (Å²) in [5, 5.41) is 8.81. The predicted molar refractivity (Wildman–Crippen MR) is 71.4 cm³/mol. The van der Waals surface area contributed by atoms with Gasteiger partial charge in [-0.15, -0.1) is 0 Å². The van der Waals surface area contributed by atoms with Crippen molar-refractivity contribution in [1.82, 2.24) is 0 Å². The molecule has 1 aliphatic heterocycles. The van der Waals surface area contributed by atoms with E-state index in [4.69, 9.17) is 5.26 Å². The number of rotatable bonds is 1. The van der Waals surface area contributed by atoms with Crippen LogP contribution in [0.25, 0.3) is 0 Å². The number of hydrogen-bond donors (Lipinski definition) is 0. The molecule has 1 saturated heterocycles. The van der Waals surface area contributed by atoms with Gasteiger partial charge in [0, 0.05) is 18.3 Å². The topological polar surface area (TPSA) is 27.0 Å². The van der Waals surface area contributed by atoms with Gasteiger partial charge < -0.3 is 4.90 Å². The van der Waals surface area contributed by atoms with Crippen molar-refractivity contribution in [2.24, 2.45) is 5.92 Å². The standard InChI is InChI=1S/C15H17F3N2/c1-10-3-4-11(2)20(9-10)13-6-5-12(8-19)14(7-13)15(16,17)18/h5-7,10-11H,3-4,9H2,1-2H3/t10-,11-/m0/s1. The molecule has 2 nitrogen and oxygen atoms in total. The normalized spacial score (nSPS) is 23.5. The van der Waals surface area contributed by atoms with Crippen LogP contribution in [0.4, 0.5) is 18.9 Å². The van der Waals surface area contributed by atoms with E-state index in [9.17, 15) is 13.2 Å². The zero-order valence-electron chi connectivity index (χ0n) is 11.5. The van der Waals surface area contributed by atoms with Crippen LogP contribution in [0.1, 0.15) is 37.8 Å². The Hall–Kier alpha value is -1.70. The van der Waals surface area contributed by atoms with Gasteiger partial charge in [-0.2, -0.15) is 18.4 Å². The van der Waals surface area contributed by atoms with E-state index in [-0.39, 0.29) is 11.6 Å². The van der Waals surface area contributed by atoms with Gasteiger partial charge in [-0.25, -0.2) is 0 Å². The minimum atomic E-state index is -4.49. The number of nitrogens with zero attached hydrogens (tertiary/aromatic N) is 2. The summed E-state index contributed by atoms with van der Waals surface area (Å²) in [7, 11) is 0. The molecule has 0 aliphatic carbocycles. The van der Waals surface area contributed by atoms with E-state index >= 15 is 0 Å². The Labute approximate surface area is 116 Å². The molecule has 0 N–H and O–H groups in total. The van der Waals surface area contributed by atoms with Crippen LogP contribution in [0.15, 0.2) is 18.2 Å². The summed E-state index contributed by atoms with van der Waals surface area (Å²) in [4.78, 5) is 2.00. The first-order valence-corrected chi connectivity index (χ1v) is 6.71. The minimum Gasteiger partial charge on any atom is -0.369 e. The molecule has 2 atom stereocenters. The van der Waals surface area contributed by atoms with Gasteiger partial charge >= 0.3 is 6.18 Å². The number of nitriles is 1. The van der Waals surface area contributed by atoms with Crippen LogP contribution in [0, 0.1) is 17.2 Å². The van der Waals surface area contributed by atoms with E-state index in [0.29, 0.717) is 11.6 Å². The van der Waals surface area contributed by atoms with Crippen molar-refractivity contribution in [3.8, 4) is 6.07 Å². The van der Waals surface area contributed by atoms with E-state index in [0.717, 1.165) is 25.5 Å². The summed E-state index contributed by atoms with van der Waals surface area (Å²) in [6.07, 6.45) is -2.42. The van der Waals surface area contributed by atoms with E-state index in [2.05, 4.69) is 6.92 Å². The summed E-state index contributed by atoms with van der Waals surface area (Å²) in [5.74, 6) is 0.469. The quantitative estimate of drug-likeness (QED) is 0.771. The highest BCUT2D eigenvalue weighted by Crippen LogP contribution is 2.36. The van der Waals surface area contributed by atoms with Gasteiger partial charge in [0.2, 0.25) is 0 Å². The van der Waals surface area contributed by atoms with Gasteiger partial charge in [-0.05, 0) is 43.9 Å². The molecule has 108 valence electrons. The monoisotopic (exact) mass is 282 g/mol. The first kappa shape index (κ1) is 14.7. The average molecular weight is 282 g/mol. The number of hydrogen-bond acceptors (Lipinski definition) is 2. The van der Waals surface area contributed by atoms with Crippen LogP contribution >= 0.6 is 0 Å².